The summed E-state index contributed by atoms with van der Waals surface area (Å²) in [4.78, 5) is 4.06. The number of methoxy groups -OCH3 is 1. The highest BCUT2D eigenvalue weighted by atomic mass is 79.9. The molecule has 0 saturated heterocycles. The summed E-state index contributed by atoms with van der Waals surface area (Å²) in [5, 5.41) is 9.09. The van der Waals surface area contributed by atoms with E-state index < -0.39 is 0 Å². The molecule has 5 heteroatoms. The zero-order valence-corrected chi connectivity index (χ0v) is 9.98. The van der Waals surface area contributed by atoms with Gasteiger partial charge in [0.15, 0.2) is 0 Å². The Kier molecular flexibility index (Phi) is 2.93. The van der Waals surface area contributed by atoms with Gasteiger partial charge in [-0.1, -0.05) is 0 Å². The number of nitriles is 1. The summed E-state index contributed by atoms with van der Waals surface area (Å²) in [5.41, 5.74) is 1.02. The Morgan fingerprint density at radius 3 is 2.94 bits per heavy atom. The minimum atomic E-state index is 0.281. The fourth-order valence-electron chi connectivity index (χ4n) is 1.37. The van der Waals surface area contributed by atoms with Crippen molar-refractivity contribution >= 4 is 15.9 Å². The van der Waals surface area contributed by atoms with E-state index in [1.54, 1.807) is 24.5 Å². The van der Waals surface area contributed by atoms with Gasteiger partial charge in [0.1, 0.15) is 22.0 Å². The Morgan fingerprint density at radius 1 is 1.56 bits per heavy atom. The zero-order chi connectivity index (χ0) is 11.5. The van der Waals surface area contributed by atoms with Crippen LogP contribution in [0.4, 0.5) is 0 Å². The molecule has 0 aliphatic rings. The van der Waals surface area contributed by atoms with Crippen molar-refractivity contribution in [3.05, 3.63) is 34.6 Å². The molecule has 0 aliphatic heterocycles. The molecule has 0 fully saturated rings. The lowest BCUT2D eigenvalue weighted by atomic mass is 10.1. The van der Waals surface area contributed by atoms with Crippen molar-refractivity contribution in [3.8, 4) is 23.3 Å². The van der Waals surface area contributed by atoms with Crippen LogP contribution in [0.2, 0.25) is 0 Å². The number of hydrogen-bond donors (Lipinski definition) is 0. The molecule has 0 unspecified atom stereocenters. The number of hydrogen-bond acceptors (Lipinski definition) is 4. The van der Waals surface area contributed by atoms with Crippen LogP contribution < -0.4 is 4.74 Å². The SMILES string of the molecule is COc1nc(Br)cc(-c2ccco2)c1C#N. The highest BCUT2D eigenvalue weighted by Crippen LogP contribution is 2.31. The van der Waals surface area contributed by atoms with E-state index >= 15 is 0 Å². The predicted octanol–water partition coefficient (Wildman–Crippen LogP) is 2.98. The third-order valence-electron chi connectivity index (χ3n) is 2.05. The standard InChI is InChI=1S/C11H7BrN2O2/c1-15-11-8(6-13)7(5-10(12)14-11)9-3-2-4-16-9/h2-5H,1H3. The maximum absolute atomic E-state index is 9.09. The van der Waals surface area contributed by atoms with E-state index in [1.807, 2.05) is 0 Å². The molecule has 80 valence electrons. The maximum Gasteiger partial charge on any atom is 0.233 e. The number of halogens is 1. The fourth-order valence-corrected chi connectivity index (χ4v) is 1.76. The monoisotopic (exact) mass is 278 g/mol. The van der Waals surface area contributed by atoms with Gasteiger partial charge in [-0.05, 0) is 34.1 Å². The Labute approximate surface area is 101 Å². The first kappa shape index (κ1) is 10.7. The van der Waals surface area contributed by atoms with E-state index in [-0.39, 0.29) is 5.88 Å². The third-order valence-corrected chi connectivity index (χ3v) is 2.45. The first-order valence-electron chi connectivity index (χ1n) is 4.44. The zero-order valence-electron chi connectivity index (χ0n) is 8.40. The second-order valence-corrected chi connectivity index (χ2v) is 3.78. The smallest absolute Gasteiger partial charge is 0.233 e. The van der Waals surface area contributed by atoms with Gasteiger partial charge in [0.05, 0.1) is 13.4 Å². The van der Waals surface area contributed by atoms with Crippen LogP contribution in [-0.4, -0.2) is 12.1 Å². The van der Waals surface area contributed by atoms with Crippen LogP contribution in [0.15, 0.2) is 33.5 Å². The van der Waals surface area contributed by atoms with Gasteiger partial charge in [-0.25, -0.2) is 4.98 Å². The van der Waals surface area contributed by atoms with Gasteiger partial charge in [0.25, 0.3) is 0 Å². The van der Waals surface area contributed by atoms with E-state index in [2.05, 4.69) is 27.0 Å². The highest BCUT2D eigenvalue weighted by molar-refractivity contribution is 9.10. The van der Waals surface area contributed by atoms with Crippen molar-refractivity contribution in [2.45, 2.75) is 0 Å². The van der Waals surface area contributed by atoms with Gasteiger partial charge in [-0.3, -0.25) is 0 Å². The molecule has 4 nitrogen and oxygen atoms in total. The largest absolute Gasteiger partial charge is 0.480 e. The molecule has 2 rings (SSSR count). The summed E-state index contributed by atoms with van der Waals surface area (Å²) in [6.07, 6.45) is 1.55. The van der Waals surface area contributed by atoms with E-state index in [0.29, 0.717) is 21.5 Å². The van der Waals surface area contributed by atoms with Gasteiger partial charge in [0, 0.05) is 5.56 Å². The van der Waals surface area contributed by atoms with E-state index in [1.165, 1.54) is 7.11 Å². The van der Waals surface area contributed by atoms with E-state index in [0.717, 1.165) is 0 Å². The lowest BCUT2D eigenvalue weighted by Crippen LogP contribution is -1.95. The van der Waals surface area contributed by atoms with Crippen LogP contribution in [0, 0.1) is 11.3 Å². The molecule has 0 aliphatic carbocycles. The van der Waals surface area contributed by atoms with Crippen LogP contribution in [-0.2, 0) is 0 Å². The quantitative estimate of drug-likeness (QED) is 0.793. The average Bonchev–Trinajstić information content (AvgIpc) is 2.81. The summed E-state index contributed by atoms with van der Waals surface area (Å²) in [6, 6.07) is 7.33. The first-order valence-corrected chi connectivity index (χ1v) is 5.24. The van der Waals surface area contributed by atoms with Gasteiger partial charge >= 0.3 is 0 Å². The lowest BCUT2D eigenvalue weighted by molar-refractivity contribution is 0.395. The molecule has 0 N–H and O–H groups in total. The molecule has 2 aromatic heterocycles. The Balaban J connectivity index is 2.69. The van der Waals surface area contributed by atoms with Crippen molar-refractivity contribution in [2.75, 3.05) is 7.11 Å². The van der Waals surface area contributed by atoms with Crippen molar-refractivity contribution < 1.29 is 9.15 Å². The van der Waals surface area contributed by atoms with Crippen LogP contribution in [0.3, 0.4) is 0 Å². The van der Waals surface area contributed by atoms with Gasteiger partial charge in [-0.15, -0.1) is 0 Å². The summed E-state index contributed by atoms with van der Waals surface area (Å²) in [6.45, 7) is 0. The summed E-state index contributed by atoms with van der Waals surface area (Å²) in [7, 11) is 1.47. The maximum atomic E-state index is 9.09. The lowest BCUT2D eigenvalue weighted by Gasteiger charge is -2.06. The van der Waals surface area contributed by atoms with Gasteiger partial charge in [0.2, 0.25) is 5.88 Å². The summed E-state index contributed by atoms with van der Waals surface area (Å²) >= 11 is 3.26. The number of rotatable bonds is 2. The molecule has 0 saturated carbocycles. The molecule has 0 radical (unpaired) electrons. The Morgan fingerprint density at radius 2 is 2.38 bits per heavy atom. The van der Waals surface area contributed by atoms with Crippen molar-refractivity contribution in [3.63, 3.8) is 0 Å². The third kappa shape index (κ3) is 1.79. The topological polar surface area (TPSA) is 59.1 Å². The van der Waals surface area contributed by atoms with Crippen LogP contribution in [0.5, 0.6) is 5.88 Å². The molecule has 0 aromatic carbocycles. The molecule has 0 atom stereocenters. The molecule has 0 bridgehead atoms. The van der Waals surface area contributed by atoms with Crippen LogP contribution in [0.25, 0.3) is 11.3 Å². The minimum Gasteiger partial charge on any atom is -0.480 e. The number of ether oxygens (including phenoxy) is 1. The molecule has 16 heavy (non-hydrogen) atoms. The normalized spacial score (nSPS) is 9.81. The average molecular weight is 279 g/mol. The van der Waals surface area contributed by atoms with Gasteiger partial charge in [-0.2, -0.15) is 5.26 Å². The Hall–Kier alpha value is -1.80. The molecule has 0 spiro atoms. The summed E-state index contributed by atoms with van der Waals surface area (Å²) < 4.78 is 10.9. The van der Waals surface area contributed by atoms with Crippen molar-refractivity contribution in [1.29, 1.82) is 5.26 Å². The predicted molar refractivity (Wildman–Crippen MR) is 60.9 cm³/mol. The first-order chi connectivity index (χ1) is 7.76. The molecular weight excluding hydrogens is 272 g/mol. The van der Waals surface area contributed by atoms with Crippen LogP contribution >= 0.6 is 15.9 Å². The second-order valence-electron chi connectivity index (χ2n) is 2.97. The minimum absolute atomic E-state index is 0.281. The number of nitrogens with zero attached hydrogens (tertiary/aromatic N) is 2. The molecule has 2 heterocycles. The van der Waals surface area contributed by atoms with Gasteiger partial charge < -0.3 is 9.15 Å². The Bertz CT molecular complexity index is 544. The number of furan rings is 1. The van der Waals surface area contributed by atoms with Crippen molar-refractivity contribution in [1.82, 2.24) is 4.98 Å². The summed E-state index contributed by atoms with van der Waals surface area (Å²) in [5.74, 6) is 0.890. The van der Waals surface area contributed by atoms with E-state index in [9.17, 15) is 0 Å². The van der Waals surface area contributed by atoms with Crippen LogP contribution in [0.1, 0.15) is 5.56 Å². The van der Waals surface area contributed by atoms with Crippen molar-refractivity contribution in [2.24, 2.45) is 0 Å². The highest BCUT2D eigenvalue weighted by Gasteiger charge is 2.15. The molecule has 2 aromatic rings. The number of pyridine rings is 1. The second kappa shape index (κ2) is 4.37. The number of aromatic nitrogens is 1. The fraction of sp³-hybridized carbons (Fsp3) is 0.0909. The van der Waals surface area contributed by atoms with E-state index in [4.69, 9.17) is 14.4 Å². The molecular formula is C11H7BrN2O2. The molecule has 0 amide bonds.